The summed E-state index contributed by atoms with van der Waals surface area (Å²) >= 11 is 0. The van der Waals surface area contributed by atoms with Crippen molar-refractivity contribution in [3.8, 4) is 0 Å². The molecule has 2 saturated heterocycles. The van der Waals surface area contributed by atoms with Crippen LogP contribution in [-0.4, -0.2) is 14.8 Å². The predicted octanol–water partition coefficient (Wildman–Crippen LogP) is 0.832. The molecule has 2 unspecified atom stereocenters. The molecule has 0 bridgehead atoms. The van der Waals surface area contributed by atoms with Crippen LogP contribution in [0, 0.1) is 0 Å². The van der Waals surface area contributed by atoms with Crippen LogP contribution >= 0.6 is 0 Å². The summed E-state index contributed by atoms with van der Waals surface area (Å²) in [6.07, 6.45) is 4.30. The van der Waals surface area contributed by atoms with Crippen LogP contribution in [0.25, 0.3) is 0 Å². The zero-order valence-electron chi connectivity index (χ0n) is 4.39. The summed E-state index contributed by atoms with van der Waals surface area (Å²) in [5.74, 6) is 0. The molecule has 2 heteroatoms. The first-order valence-corrected chi connectivity index (χ1v) is 5.08. The molecule has 0 N–H and O–H groups in total. The Bertz CT molecular complexity index is 74.1. The first-order valence-electron chi connectivity index (χ1n) is 3.12. The van der Waals surface area contributed by atoms with Crippen LogP contribution in [0.15, 0.2) is 0 Å². The highest BCUT2D eigenvalue weighted by molar-refractivity contribution is 6.62. The quantitative estimate of drug-likeness (QED) is 0.336. The Morgan fingerprint density at radius 2 is 2.43 bits per heavy atom. The van der Waals surface area contributed by atoms with Gasteiger partial charge in [-0.05, 0) is 12.5 Å². The summed E-state index contributed by atoms with van der Waals surface area (Å²) in [6, 6.07) is 1.48. The fourth-order valence-corrected chi connectivity index (χ4v) is 4.01. The average Bonchev–Trinajstić information content (AvgIpc) is 2.41. The van der Waals surface area contributed by atoms with Crippen molar-refractivity contribution in [1.29, 1.82) is 0 Å². The minimum atomic E-state index is -0.428. The van der Waals surface area contributed by atoms with Gasteiger partial charge in [0.1, 0.15) is 0 Å². The molecule has 0 radical (unpaired) electrons. The standard InChI is InChI=1S/C5H10OSi/c1-2-4-7-5(3-1)6-7/h5,7H,1-4H2. The van der Waals surface area contributed by atoms with E-state index >= 15 is 0 Å². The molecule has 2 aliphatic rings. The zero-order valence-corrected chi connectivity index (χ0v) is 5.55. The smallest absolute Gasteiger partial charge is 0.204 e. The lowest BCUT2D eigenvalue weighted by molar-refractivity contribution is 0.432. The molecule has 0 aromatic carbocycles. The molecule has 2 aliphatic heterocycles. The topological polar surface area (TPSA) is 12.5 Å². The van der Waals surface area contributed by atoms with Gasteiger partial charge in [0.15, 0.2) is 0 Å². The van der Waals surface area contributed by atoms with Crippen molar-refractivity contribution in [2.45, 2.75) is 31.0 Å². The Morgan fingerprint density at radius 3 is 3.00 bits per heavy atom. The van der Waals surface area contributed by atoms with Crippen LogP contribution in [0.1, 0.15) is 19.3 Å². The van der Waals surface area contributed by atoms with Gasteiger partial charge in [0.05, 0.1) is 5.73 Å². The second kappa shape index (κ2) is 1.33. The van der Waals surface area contributed by atoms with Crippen molar-refractivity contribution in [3.05, 3.63) is 0 Å². The molecular formula is C5H10OSi. The van der Waals surface area contributed by atoms with Gasteiger partial charge >= 0.3 is 0 Å². The van der Waals surface area contributed by atoms with Gasteiger partial charge in [0.2, 0.25) is 9.04 Å². The zero-order chi connectivity index (χ0) is 4.69. The normalized spacial score (nSPS) is 48.0. The van der Waals surface area contributed by atoms with E-state index in [2.05, 4.69) is 0 Å². The van der Waals surface area contributed by atoms with Crippen LogP contribution in [-0.2, 0) is 4.43 Å². The number of rotatable bonds is 0. The van der Waals surface area contributed by atoms with Crippen LogP contribution < -0.4 is 0 Å². The van der Waals surface area contributed by atoms with Crippen LogP contribution in [0.3, 0.4) is 0 Å². The predicted molar refractivity (Wildman–Crippen MR) is 30.7 cm³/mol. The Balaban J connectivity index is 1.95. The Hall–Kier alpha value is 0.177. The minimum Gasteiger partial charge on any atom is -0.415 e. The molecule has 0 aromatic rings. The molecule has 40 valence electrons. The average molecular weight is 114 g/mol. The molecule has 1 nitrogen and oxygen atoms in total. The van der Waals surface area contributed by atoms with Crippen molar-refractivity contribution in [1.82, 2.24) is 0 Å². The third-order valence-electron chi connectivity index (χ3n) is 1.91. The van der Waals surface area contributed by atoms with Crippen molar-refractivity contribution in [3.63, 3.8) is 0 Å². The monoisotopic (exact) mass is 114 g/mol. The Kier molecular flexibility index (Phi) is 0.775. The molecule has 2 fully saturated rings. The Morgan fingerprint density at radius 1 is 1.43 bits per heavy atom. The highest BCUT2D eigenvalue weighted by Gasteiger charge is 2.41. The Labute approximate surface area is 45.4 Å². The number of hydrogen-bond donors (Lipinski definition) is 0. The second-order valence-electron chi connectivity index (χ2n) is 2.50. The molecule has 0 aromatic heterocycles. The van der Waals surface area contributed by atoms with E-state index in [4.69, 9.17) is 4.43 Å². The van der Waals surface area contributed by atoms with E-state index in [1.807, 2.05) is 0 Å². The molecular weight excluding hydrogens is 104 g/mol. The van der Waals surface area contributed by atoms with Gasteiger partial charge in [-0.25, -0.2) is 0 Å². The van der Waals surface area contributed by atoms with Crippen molar-refractivity contribution in [2.24, 2.45) is 0 Å². The summed E-state index contributed by atoms with van der Waals surface area (Å²) in [5.41, 5.74) is 0.841. The first kappa shape index (κ1) is 4.10. The van der Waals surface area contributed by atoms with Gasteiger partial charge in [0, 0.05) is 0 Å². The SMILES string of the molecule is C1CC[SiH]2OC2C1. The first-order chi connectivity index (χ1) is 3.47. The number of fused-ring (bicyclic) bond motifs is 1. The van der Waals surface area contributed by atoms with E-state index in [9.17, 15) is 0 Å². The van der Waals surface area contributed by atoms with Gasteiger partial charge in [-0.1, -0.05) is 12.8 Å². The molecule has 7 heavy (non-hydrogen) atoms. The van der Waals surface area contributed by atoms with Gasteiger partial charge in [-0.15, -0.1) is 0 Å². The lowest BCUT2D eigenvalue weighted by Crippen LogP contribution is -2.03. The lowest BCUT2D eigenvalue weighted by Gasteiger charge is -1.99. The van der Waals surface area contributed by atoms with E-state index in [1.54, 1.807) is 0 Å². The van der Waals surface area contributed by atoms with E-state index in [-0.39, 0.29) is 0 Å². The fourth-order valence-electron chi connectivity index (χ4n) is 1.38. The number of hydrogen-bond acceptors (Lipinski definition) is 1. The van der Waals surface area contributed by atoms with Gasteiger partial charge in [0.25, 0.3) is 0 Å². The third-order valence-corrected chi connectivity index (χ3v) is 4.60. The molecule has 0 saturated carbocycles. The van der Waals surface area contributed by atoms with Crippen molar-refractivity contribution < 1.29 is 4.43 Å². The van der Waals surface area contributed by atoms with Crippen LogP contribution in [0.2, 0.25) is 6.04 Å². The van der Waals surface area contributed by atoms with E-state index in [0.717, 1.165) is 5.73 Å². The van der Waals surface area contributed by atoms with E-state index in [0.29, 0.717) is 0 Å². The highest BCUT2D eigenvalue weighted by Crippen LogP contribution is 2.32. The molecule has 2 heterocycles. The van der Waals surface area contributed by atoms with E-state index < -0.39 is 9.04 Å². The summed E-state index contributed by atoms with van der Waals surface area (Å²) in [6.45, 7) is 0. The highest BCUT2D eigenvalue weighted by atomic mass is 28.3. The molecule has 2 rings (SSSR count). The summed E-state index contributed by atoms with van der Waals surface area (Å²) in [5, 5.41) is 0. The largest absolute Gasteiger partial charge is 0.415 e. The maximum atomic E-state index is 5.42. The molecule has 0 aliphatic carbocycles. The maximum Gasteiger partial charge on any atom is 0.204 e. The van der Waals surface area contributed by atoms with Gasteiger partial charge < -0.3 is 4.43 Å². The van der Waals surface area contributed by atoms with Crippen molar-refractivity contribution in [2.75, 3.05) is 0 Å². The van der Waals surface area contributed by atoms with Crippen LogP contribution in [0.4, 0.5) is 0 Å². The fraction of sp³-hybridized carbons (Fsp3) is 1.00. The van der Waals surface area contributed by atoms with Crippen molar-refractivity contribution >= 4 is 9.04 Å². The molecule has 2 atom stereocenters. The van der Waals surface area contributed by atoms with E-state index in [1.165, 1.54) is 25.3 Å². The summed E-state index contributed by atoms with van der Waals surface area (Å²) in [7, 11) is -0.428. The van der Waals surface area contributed by atoms with Crippen LogP contribution in [0.5, 0.6) is 0 Å². The van der Waals surface area contributed by atoms with Gasteiger partial charge in [-0.3, -0.25) is 0 Å². The third kappa shape index (κ3) is 0.621. The maximum absolute atomic E-state index is 5.42. The molecule has 0 amide bonds. The minimum absolute atomic E-state index is 0.428. The summed E-state index contributed by atoms with van der Waals surface area (Å²) < 4.78 is 5.42. The summed E-state index contributed by atoms with van der Waals surface area (Å²) in [4.78, 5) is 0. The van der Waals surface area contributed by atoms with Gasteiger partial charge in [-0.2, -0.15) is 0 Å². The second-order valence-corrected chi connectivity index (χ2v) is 5.17. The molecule has 0 spiro atoms. The lowest BCUT2D eigenvalue weighted by atomic mass is 10.2.